The molecular weight excluding hydrogens is 504 g/mol. The van der Waals surface area contributed by atoms with Crippen LogP contribution in [-0.2, 0) is 52.1 Å². The minimum atomic E-state index is 0.518. The zero-order valence-corrected chi connectivity index (χ0v) is 23.5. The van der Waals surface area contributed by atoms with Gasteiger partial charge in [0.15, 0.2) is 0 Å². The highest BCUT2D eigenvalue weighted by Crippen LogP contribution is 1.86. The predicted octanol–water partition coefficient (Wildman–Crippen LogP) is -0.653. The number of nitrogens with one attached hydrogen (secondary N) is 1. The summed E-state index contributed by atoms with van der Waals surface area (Å²) in [7, 11) is 1.90. The van der Waals surface area contributed by atoms with Gasteiger partial charge < -0.3 is 63.2 Å². The van der Waals surface area contributed by atoms with E-state index in [-0.39, 0.29) is 0 Å². The van der Waals surface area contributed by atoms with Crippen molar-refractivity contribution in [3.63, 3.8) is 0 Å². The topological polar surface area (TPSA) is 140 Å². The van der Waals surface area contributed by atoms with Crippen molar-refractivity contribution in [1.82, 2.24) is 5.32 Å². The zero-order valence-electron chi connectivity index (χ0n) is 23.5. The average Bonchev–Trinajstić information content (AvgIpc) is 2.93. The van der Waals surface area contributed by atoms with Crippen LogP contribution in [-0.4, -0.2) is 165 Å². The Hall–Kier alpha value is -0.520. The Labute approximate surface area is 229 Å². The second kappa shape index (κ2) is 36.5. The van der Waals surface area contributed by atoms with Gasteiger partial charge in [-0.2, -0.15) is 0 Å². The fourth-order valence-corrected chi connectivity index (χ4v) is 2.56. The molecule has 13 heteroatoms. The van der Waals surface area contributed by atoms with Crippen LogP contribution in [0.3, 0.4) is 0 Å². The maximum absolute atomic E-state index is 5.46. The van der Waals surface area contributed by atoms with Crippen molar-refractivity contribution in [3.05, 3.63) is 0 Å². The summed E-state index contributed by atoms with van der Waals surface area (Å²) in [4.78, 5) is 0. The predicted molar refractivity (Wildman–Crippen MR) is 142 cm³/mol. The first-order chi connectivity index (χ1) is 18.9. The van der Waals surface area contributed by atoms with Gasteiger partial charge in [0.2, 0.25) is 0 Å². The van der Waals surface area contributed by atoms with Crippen molar-refractivity contribution in [2.45, 2.75) is 0 Å². The first kappa shape index (κ1) is 37.5. The van der Waals surface area contributed by atoms with E-state index in [2.05, 4.69) is 5.32 Å². The SMILES string of the molecule is CNCCOCCOCCOCCOCCOCCOCCOCCOCCOCCOCCOCCN. The highest BCUT2D eigenvalue weighted by molar-refractivity contribution is 4.39. The highest BCUT2D eigenvalue weighted by Gasteiger charge is 1.96. The summed E-state index contributed by atoms with van der Waals surface area (Å²) in [6.45, 7) is 13.4. The Morgan fingerprint density at radius 3 is 0.684 bits per heavy atom. The lowest BCUT2D eigenvalue weighted by Crippen LogP contribution is -2.17. The quantitative estimate of drug-likeness (QED) is 0.0953. The monoisotopic (exact) mass is 558 g/mol. The first-order valence-corrected chi connectivity index (χ1v) is 13.6. The number of ether oxygens (including phenoxy) is 11. The summed E-state index contributed by atoms with van der Waals surface area (Å²) >= 11 is 0. The molecule has 0 fully saturated rings. The van der Waals surface area contributed by atoms with E-state index in [4.69, 9.17) is 57.8 Å². The lowest BCUT2D eigenvalue weighted by atomic mass is 10.6. The maximum atomic E-state index is 5.46. The third-order valence-electron chi connectivity index (χ3n) is 4.48. The number of rotatable bonds is 35. The van der Waals surface area contributed by atoms with E-state index in [1.807, 2.05) is 7.05 Å². The minimum Gasteiger partial charge on any atom is -0.378 e. The molecule has 0 saturated heterocycles. The zero-order chi connectivity index (χ0) is 27.5. The molecule has 0 spiro atoms. The van der Waals surface area contributed by atoms with E-state index >= 15 is 0 Å². The van der Waals surface area contributed by atoms with Gasteiger partial charge in [-0.1, -0.05) is 0 Å². The summed E-state index contributed by atoms with van der Waals surface area (Å²) in [5, 5.41) is 3.02. The van der Waals surface area contributed by atoms with Gasteiger partial charge in [0.25, 0.3) is 0 Å². The van der Waals surface area contributed by atoms with Gasteiger partial charge in [-0.05, 0) is 7.05 Å². The molecule has 0 bridgehead atoms. The molecule has 0 aliphatic heterocycles. The molecule has 0 radical (unpaired) electrons. The van der Waals surface area contributed by atoms with E-state index in [9.17, 15) is 0 Å². The molecule has 3 N–H and O–H groups in total. The molecule has 0 aliphatic carbocycles. The minimum absolute atomic E-state index is 0.518. The second-order valence-corrected chi connectivity index (χ2v) is 7.63. The number of hydrogen-bond donors (Lipinski definition) is 2. The van der Waals surface area contributed by atoms with Crippen molar-refractivity contribution in [1.29, 1.82) is 0 Å². The van der Waals surface area contributed by atoms with Gasteiger partial charge in [-0.15, -0.1) is 0 Å². The first-order valence-electron chi connectivity index (χ1n) is 13.6. The van der Waals surface area contributed by atoms with Crippen molar-refractivity contribution in [2.24, 2.45) is 5.73 Å². The van der Waals surface area contributed by atoms with Crippen LogP contribution in [0, 0.1) is 0 Å². The number of likely N-dealkylation sites (N-methyl/N-ethyl adjacent to an activating group) is 1. The van der Waals surface area contributed by atoms with E-state index < -0.39 is 0 Å². The van der Waals surface area contributed by atoms with Crippen LogP contribution in [0.5, 0.6) is 0 Å². The van der Waals surface area contributed by atoms with Gasteiger partial charge in [-0.25, -0.2) is 0 Å². The van der Waals surface area contributed by atoms with Crippen LogP contribution in [0.15, 0.2) is 0 Å². The van der Waals surface area contributed by atoms with Crippen LogP contribution < -0.4 is 11.1 Å². The molecule has 230 valence electrons. The number of hydrogen-bond acceptors (Lipinski definition) is 13. The summed E-state index contributed by atoms with van der Waals surface area (Å²) in [6, 6.07) is 0. The van der Waals surface area contributed by atoms with Crippen LogP contribution in [0.25, 0.3) is 0 Å². The maximum Gasteiger partial charge on any atom is 0.0701 e. The standard InChI is InChI=1S/C25H54N2O11/c1-27-3-5-29-7-9-31-11-13-33-15-17-35-19-21-37-23-25-38-24-22-36-20-18-34-16-14-32-12-10-30-8-6-28-4-2-26/h27H,2-26H2,1H3. The second-order valence-electron chi connectivity index (χ2n) is 7.63. The molecule has 0 amide bonds. The fourth-order valence-electron chi connectivity index (χ4n) is 2.56. The molecule has 0 rings (SSSR count). The van der Waals surface area contributed by atoms with Crippen molar-refractivity contribution < 1.29 is 52.1 Å². The lowest BCUT2D eigenvalue weighted by molar-refractivity contribution is -0.0274. The molecule has 0 aromatic carbocycles. The van der Waals surface area contributed by atoms with Crippen LogP contribution in [0.4, 0.5) is 0 Å². The van der Waals surface area contributed by atoms with Crippen LogP contribution in [0.2, 0.25) is 0 Å². The molecule has 0 atom stereocenters. The Balaban J connectivity index is 3.01. The summed E-state index contributed by atoms with van der Waals surface area (Å²) < 4.78 is 59.4. The Morgan fingerprint density at radius 1 is 0.316 bits per heavy atom. The molecular formula is C25H54N2O11. The molecule has 0 unspecified atom stereocenters. The Bertz CT molecular complexity index is 380. The Morgan fingerprint density at radius 2 is 0.500 bits per heavy atom. The molecule has 13 nitrogen and oxygen atoms in total. The highest BCUT2D eigenvalue weighted by atomic mass is 16.6. The van der Waals surface area contributed by atoms with Gasteiger partial charge in [0, 0.05) is 13.1 Å². The van der Waals surface area contributed by atoms with Crippen molar-refractivity contribution in [2.75, 3.05) is 165 Å². The third-order valence-corrected chi connectivity index (χ3v) is 4.48. The largest absolute Gasteiger partial charge is 0.378 e. The van der Waals surface area contributed by atoms with Crippen molar-refractivity contribution in [3.8, 4) is 0 Å². The summed E-state index contributed by atoms with van der Waals surface area (Å²) in [5.74, 6) is 0. The number of nitrogens with two attached hydrogens (primary N) is 1. The van der Waals surface area contributed by atoms with Crippen LogP contribution >= 0.6 is 0 Å². The molecule has 0 heterocycles. The molecule has 0 saturated carbocycles. The molecule has 0 aromatic heterocycles. The van der Waals surface area contributed by atoms with Gasteiger partial charge in [0.1, 0.15) is 0 Å². The Kier molecular flexibility index (Phi) is 36.0. The van der Waals surface area contributed by atoms with Crippen molar-refractivity contribution >= 4 is 0 Å². The van der Waals surface area contributed by atoms with E-state index in [0.29, 0.717) is 152 Å². The van der Waals surface area contributed by atoms with E-state index in [1.54, 1.807) is 0 Å². The smallest absolute Gasteiger partial charge is 0.0701 e. The fraction of sp³-hybridized carbons (Fsp3) is 1.00. The van der Waals surface area contributed by atoms with E-state index in [1.165, 1.54) is 0 Å². The summed E-state index contributed by atoms with van der Waals surface area (Å²) in [6.07, 6.45) is 0. The van der Waals surface area contributed by atoms with Gasteiger partial charge >= 0.3 is 0 Å². The van der Waals surface area contributed by atoms with Gasteiger partial charge in [0.05, 0.1) is 145 Å². The molecule has 0 aliphatic rings. The molecule has 0 aromatic rings. The molecule has 38 heavy (non-hydrogen) atoms. The lowest BCUT2D eigenvalue weighted by Gasteiger charge is -2.09. The summed E-state index contributed by atoms with van der Waals surface area (Å²) in [5.41, 5.74) is 5.32. The van der Waals surface area contributed by atoms with E-state index in [0.717, 1.165) is 6.54 Å². The van der Waals surface area contributed by atoms with Gasteiger partial charge in [-0.3, -0.25) is 0 Å². The average molecular weight is 559 g/mol. The third kappa shape index (κ3) is 35.5. The normalized spacial score (nSPS) is 11.5. The van der Waals surface area contributed by atoms with Crippen LogP contribution in [0.1, 0.15) is 0 Å².